The SMILES string of the molecule is CC(C)c1ccc(CCNC(=O)N2CCNCC2)cc1. The van der Waals surface area contributed by atoms with E-state index in [4.69, 9.17) is 0 Å². The van der Waals surface area contributed by atoms with Crippen LogP contribution in [0.5, 0.6) is 0 Å². The Labute approximate surface area is 121 Å². The van der Waals surface area contributed by atoms with Crippen molar-refractivity contribution in [1.29, 1.82) is 0 Å². The number of hydrogen-bond acceptors (Lipinski definition) is 2. The Morgan fingerprint density at radius 3 is 2.50 bits per heavy atom. The summed E-state index contributed by atoms with van der Waals surface area (Å²) in [6.45, 7) is 8.48. The predicted molar refractivity (Wildman–Crippen MR) is 82.1 cm³/mol. The molecule has 1 aromatic carbocycles. The van der Waals surface area contributed by atoms with Crippen LogP contribution in [0.4, 0.5) is 4.79 Å². The molecular formula is C16H25N3O. The summed E-state index contributed by atoms with van der Waals surface area (Å²) >= 11 is 0. The Bertz CT molecular complexity index is 422. The third-order valence-electron chi connectivity index (χ3n) is 3.74. The van der Waals surface area contributed by atoms with Gasteiger partial charge in [-0.05, 0) is 23.5 Å². The molecule has 0 saturated carbocycles. The molecule has 0 aromatic heterocycles. The molecule has 0 spiro atoms. The van der Waals surface area contributed by atoms with Gasteiger partial charge in [0, 0.05) is 32.7 Å². The summed E-state index contributed by atoms with van der Waals surface area (Å²) in [7, 11) is 0. The van der Waals surface area contributed by atoms with E-state index in [2.05, 4.69) is 48.7 Å². The van der Waals surface area contributed by atoms with Crippen molar-refractivity contribution < 1.29 is 4.79 Å². The van der Waals surface area contributed by atoms with Gasteiger partial charge in [0.05, 0.1) is 0 Å². The standard InChI is InChI=1S/C16H25N3O/c1-13(2)15-5-3-14(4-6-15)7-8-18-16(20)19-11-9-17-10-12-19/h3-6,13,17H,7-12H2,1-2H3,(H,18,20). The molecule has 20 heavy (non-hydrogen) atoms. The maximum atomic E-state index is 11.9. The first-order chi connectivity index (χ1) is 9.66. The quantitative estimate of drug-likeness (QED) is 0.882. The van der Waals surface area contributed by atoms with Gasteiger partial charge < -0.3 is 15.5 Å². The number of nitrogens with one attached hydrogen (secondary N) is 2. The molecule has 1 aliphatic heterocycles. The van der Waals surface area contributed by atoms with Crippen molar-refractivity contribution in [3.63, 3.8) is 0 Å². The fourth-order valence-corrected chi connectivity index (χ4v) is 2.36. The zero-order chi connectivity index (χ0) is 14.4. The molecule has 1 aromatic rings. The lowest BCUT2D eigenvalue weighted by molar-refractivity contribution is 0.190. The number of rotatable bonds is 4. The Morgan fingerprint density at radius 2 is 1.90 bits per heavy atom. The number of nitrogens with zero attached hydrogens (tertiary/aromatic N) is 1. The number of urea groups is 1. The van der Waals surface area contributed by atoms with E-state index in [-0.39, 0.29) is 6.03 Å². The van der Waals surface area contributed by atoms with Crippen molar-refractivity contribution in [3.05, 3.63) is 35.4 Å². The number of carbonyl (C=O) groups excluding carboxylic acids is 1. The topological polar surface area (TPSA) is 44.4 Å². The van der Waals surface area contributed by atoms with Gasteiger partial charge in [-0.2, -0.15) is 0 Å². The number of amides is 2. The van der Waals surface area contributed by atoms with Crippen molar-refractivity contribution >= 4 is 6.03 Å². The monoisotopic (exact) mass is 275 g/mol. The minimum Gasteiger partial charge on any atom is -0.338 e. The second-order valence-electron chi connectivity index (χ2n) is 5.62. The van der Waals surface area contributed by atoms with Crippen molar-refractivity contribution in [2.24, 2.45) is 0 Å². The summed E-state index contributed by atoms with van der Waals surface area (Å²) in [5.41, 5.74) is 2.63. The Morgan fingerprint density at radius 1 is 1.25 bits per heavy atom. The second-order valence-corrected chi connectivity index (χ2v) is 5.62. The first-order valence-electron chi connectivity index (χ1n) is 7.49. The van der Waals surface area contributed by atoms with E-state index in [1.807, 2.05) is 4.90 Å². The van der Waals surface area contributed by atoms with Crippen LogP contribution in [0.25, 0.3) is 0 Å². The van der Waals surface area contributed by atoms with Crippen LogP contribution in [0.3, 0.4) is 0 Å². The molecule has 2 amide bonds. The van der Waals surface area contributed by atoms with Crippen LogP contribution in [0.15, 0.2) is 24.3 Å². The maximum absolute atomic E-state index is 11.9. The molecule has 0 bridgehead atoms. The zero-order valence-corrected chi connectivity index (χ0v) is 12.5. The summed E-state index contributed by atoms with van der Waals surface area (Å²) in [5.74, 6) is 0.566. The molecule has 2 rings (SSSR count). The van der Waals surface area contributed by atoms with Crippen LogP contribution in [-0.4, -0.2) is 43.7 Å². The van der Waals surface area contributed by atoms with Gasteiger partial charge in [0.15, 0.2) is 0 Å². The molecule has 0 aliphatic carbocycles. The normalized spacial score (nSPS) is 15.4. The van der Waals surface area contributed by atoms with E-state index in [1.54, 1.807) is 0 Å². The number of carbonyl (C=O) groups is 1. The summed E-state index contributed by atoms with van der Waals surface area (Å²) < 4.78 is 0. The van der Waals surface area contributed by atoms with Crippen molar-refractivity contribution in [2.45, 2.75) is 26.2 Å². The van der Waals surface area contributed by atoms with E-state index in [0.29, 0.717) is 12.5 Å². The molecule has 4 nitrogen and oxygen atoms in total. The molecule has 2 N–H and O–H groups in total. The average Bonchev–Trinajstić information content (AvgIpc) is 2.48. The molecule has 0 unspecified atom stereocenters. The molecule has 0 atom stereocenters. The van der Waals surface area contributed by atoms with Crippen molar-refractivity contribution in [2.75, 3.05) is 32.7 Å². The molecule has 4 heteroatoms. The lowest BCUT2D eigenvalue weighted by Gasteiger charge is -2.27. The van der Waals surface area contributed by atoms with Gasteiger partial charge in [-0.1, -0.05) is 38.1 Å². The zero-order valence-electron chi connectivity index (χ0n) is 12.5. The molecule has 0 radical (unpaired) electrons. The minimum atomic E-state index is 0.0605. The van der Waals surface area contributed by atoms with Crippen LogP contribution in [0, 0.1) is 0 Å². The molecular weight excluding hydrogens is 250 g/mol. The number of piperazine rings is 1. The van der Waals surface area contributed by atoms with Crippen LogP contribution < -0.4 is 10.6 Å². The Kier molecular flexibility index (Phi) is 5.41. The molecule has 1 heterocycles. The predicted octanol–water partition coefficient (Wildman–Crippen LogP) is 1.97. The van der Waals surface area contributed by atoms with E-state index < -0.39 is 0 Å². The van der Waals surface area contributed by atoms with Crippen molar-refractivity contribution in [1.82, 2.24) is 15.5 Å². The van der Waals surface area contributed by atoms with Crippen LogP contribution >= 0.6 is 0 Å². The van der Waals surface area contributed by atoms with Gasteiger partial charge in [-0.15, -0.1) is 0 Å². The summed E-state index contributed by atoms with van der Waals surface area (Å²) in [6, 6.07) is 8.74. The second kappa shape index (κ2) is 7.29. The lowest BCUT2D eigenvalue weighted by atomic mass is 10.0. The minimum absolute atomic E-state index is 0.0605. The largest absolute Gasteiger partial charge is 0.338 e. The summed E-state index contributed by atoms with van der Waals surface area (Å²) in [6.07, 6.45) is 0.885. The summed E-state index contributed by atoms with van der Waals surface area (Å²) in [4.78, 5) is 13.8. The molecule has 110 valence electrons. The van der Waals surface area contributed by atoms with Gasteiger partial charge in [0.2, 0.25) is 0 Å². The number of benzene rings is 1. The van der Waals surface area contributed by atoms with Gasteiger partial charge in [0.1, 0.15) is 0 Å². The number of hydrogen-bond donors (Lipinski definition) is 2. The smallest absolute Gasteiger partial charge is 0.317 e. The lowest BCUT2D eigenvalue weighted by Crippen LogP contribution is -2.50. The third-order valence-corrected chi connectivity index (χ3v) is 3.74. The average molecular weight is 275 g/mol. The van der Waals surface area contributed by atoms with Gasteiger partial charge >= 0.3 is 6.03 Å². The van der Waals surface area contributed by atoms with E-state index in [9.17, 15) is 4.79 Å². The van der Waals surface area contributed by atoms with E-state index in [0.717, 1.165) is 32.6 Å². The van der Waals surface area contributed by atoms with Gasteiger partial charge in [-0.25, -0.2) is 4.79 Å². The van der Waals surface area contributed by atoms with Crippen LogP contribution in [0.2, 0.25) is 0 Å². The molecule has 1 fully saturated rings. The van der Waals surface area contributed by atoms with Gasteiger partial charge in [-0.3, -0.25) is 0 Å². The van der Waals surface area contributed by atoms with Crippen molar-refractivity contribution in [3.8, 4) is 0 Å². The molecule has 1 saturated heterocycles. The maximum Gasteiger partial charge on any atom is 0.317 e. The highest BCUT2D eigenvalue weighted by Gasteiger charge is 2.14. The Balaban J connectivity index is 1.73. The summed E-state index contributed by atoms with van der Waals surface area (Å²) in [5, 5.41) is 6.24. The Hall–Kier alpha value is -1.55. The third kappa shape index (κ3) is 4.23. The van der Waals surface area contributed by atoms with Gasteiger partial charge in [0.25, 0.3) is 0 Å². The van der Waals surface area contributed by atoms with E-state index >= 15 is 0 Å². The van der Waals surface area contributed by atoms with Crippen LogP contribution in [0.1, 0.15) is 30.9 Å². The first kappa shape index (κ1) is 14.9. The fourth-order valence-electron chi connectivity index (χ4n) is 2.36. The van der Waals surface area contributed by atoms with E-state index in [1.165, 1.54) is 11.1 Å². The highest BCUT2D eigenvalue weighted by Crippen LogP contribution is 2.14. The van der Waals surface area contributed by atoms with Crippen LogP contribution in [-0.2, 0) is 6.42 Å². The highest BCUT2D eigenvalue weighted by molar-refractivity contribution is 5.74. The highest BCUT2D eigenvalue weighted by atomic mass is 16.2. The molecule has 1 aliphatic rings. The fraction of sp³-hybridized carbons (Fsp3) is 0.562. The first-order valence-corrected chi connectivity index (χ1v) is 7.49.